The van der Waals surface area contributed by atoms with Crippen molar-refractivity contribution in [1.29, 1.82) is 0 Å². The molecule has 1 saturated heterocycles. The minimum Gasteiger partial charge on any atom is -0.395 e. The molecule has 0 aliphatic carbocycles. The number of alkyl halides is 3. The minimum absolute atomic E-state index is 0.0247. The highest BCUT2D eigenvalue weighted by atomic mass is 19.4. The van der Waals surface area contributed by atoms with E-state index in [0.717, 1.165) is 38.8 Å². The highest BCUT2D eigenvalue weighted by Gasteiger charge is 2.34. The third-order valence-corrected chi connectivity index (χ3v) is 6.00. The maximum absolute atomic E-state index is 13.6. The van der Waals surface area contributed by atoms with Crippen LogP contribution in [0.25, 0.3) is 11.1 Å². The number of benzene rings is 2. The zero-order chi connectivity index (χ0) is 23.0. The van der Waals surface area contributed by atoms with Crippen LogP contribution < -0.4 is 0 Å². The van der Waals surface area contributed by atoms with Crippen molar-refractivity contribution >= 4 is 0 Å². The fraction of sp³-hybridized carbons (Fsp3) is 0.520. The van der Waals surface area contributed by atoms with E-state index in [2.05, 4.69) is 4.90 Å². The van der Waals surface area contributed by atoms with Gasteiger partial charge in [0.1, 0.15) is 0 Å². The van der Waals surface area contributed by atoms with Crippen molar-refractivity contribution in [2.75, 3.05) is 26.3 Å². The Morgan fingerprint density at radius 3 is 2.53 bits per heavy atom. The number of piperidine rings is 1. The van der Waals surface area contributed by atoms with Gasteiger partial charge < -0.3 is 14.9 Å². The van der Waals surface area contributed by atoms with Crippen LogP contribution in [-0.4, -0.2) is 53.6 Å². The normalized spacial score (nSPS) is 19.9. The largest absolute Gasteiger partial charge is 0.417 e. The second-order valence-corrected chi connectivity index (χ2v) is 8.41. The highest BCUT2D eigenvalue weighted by molar-refractivity contribution is 5.68. The molecule has 1 aliphatic rings. The Morgan fingerprint density at radius 2 is 1.81 bits per heavy atom. The summed E-state index contributed by atoms with van der Waals surface area (Å²) >= 11 is 0. The molecule has 0 aromatic heterocycles. The zero-order valence-corrected chi connectivity index (χ0v) is 18.2. The van der Waals surface area contributed by atoms with E-state index in [0.29, 0.717) is 24.2 Å². The average molecular weight is 452 g/mol. The maximum atomic E-state index is 13.6. The lowest BCUT2D eigenvalue weighted by atomic mass is 9.97. The molecule has 0 spiro atoms. The Morgan fingerprint density at radius 1 is 1.03 bits per heavy atom. The Labute approximate surface area is 187 Å². The lowest BCUT2D eigenvalue weighted by molar-refractivity contribution is -0.137. The van der Waals surface area contributed by atoms with Crippen molar-refractivity contribution in [2.24, 2.45) is 0 Å². The fourth-order valence-electron chi connectivity index (χ4n) is 4.23. The molecular weight excluding hydrogens is 419 g/mol. The standard InChI is InChI=1S/C25H32F3NO3/c26-25(27,28)24-15-19(9-10-23(24)20-7-3-1-4-8-20)18-32-14-6-2-5-12-29-13-11-22(31)16-21(29)17-30/h1,3-4,7-10,15,21-22,30-31H,2,5-6,11-14,16-18H2. The molecule has 1 aliphatic heterocycles. The first-order chi connectivity index (χ1) is 15.4. The van der Waals surface area contributed by atoms with Crippen LogP contribution in [0, 0.1) is 0 Å². The molecule has 2 aromatic rings. The van der Waals surface area contributed by atoms with Gasteiger partial charge in [0, 0.05) is 19.2 Å². The molecule has 1 heterocycles. The van der Waals surface area contributed by atoms with Crippen molar-refractivity contribution in [3.05, 3.63) is 59.7 Å². The molecule has 2 aromatic carbocycles. The van der Waals surface area contributed by atoms with Gasteiger partial charge in [-0.05, 0) is 61.4 Å². The fourth-order valence-corrected chi connectivity index (χ4v) is 4.23. The summed E-state index contributed by atoms with van der Waals surface area (Å²) in [6.45, 7) is 2.36. The van der Waals surface area contributed by atoms with Crippen LogP contribution in [0.15, 0.2) is 48.5 Å². The van der Waals surface area contributed by atoms with Gasteiger partial charge in [-0.15, -0.1) is 0 Å². The topological polar surface area (TPSA) is 52.9 Å². The van der Waals surface area contributed by atoms with Crippen LogP contribution in [0.1, 0.15) is 43.2 Å². The van der Waals surface area contributed by atoms with Crippen LogP contribution in [0.5, 0.6) is 0 Å². The van der Waals surface area contributed by atoms with Gasteiger partial charge in [-0.3, -0.25) is 4.90 Å². The van der Waals surface area contributed by atoms with Gasteiger partial charge in [-0.2, -0.15) is 13.2 Å². The van der Waals surface area contributed by atoms with E-state index >= 15 is 0 Å². The molecule has 2 atom stereocenters. The van der Waals surface area contributed by atoms with Crippen LogP contribution in [0.4, 0.5) is 13.2 Å². The summed E-state index contributed by atoms with van der Waals surface area (Å²) in [5.41, 5.74) is 0.580. The summed E-state index contributed by atoms with van der Waals surface area (Å²) in [6, 6.07) is 13.0. The first kappa shape index (κ1) is 24.7. The summed E-state index contributed by atoms with van der Waals surface area (Å²) in [4.78, 5) is 2.22. The predicted octanol–water partition coefficient (Wildman–Crippen LogP) is 4.88. The Hall–Kier alpha value is -1.93. The molecule has 2 N–H and O–H groups in total. The molecule has 0 radical (unpaired) electrons. The lowest BCUT2D eigenvalue weighted by Gasteiger charge is -2.36. The molecule has 32 heavy (non-hydrogen) atoms. The molecule has 4 nitrogen and oxygen atoms in total. The zero-order valence-electron chi connectivity index (χ0n) is 18.2. The van der Waals surface area contributed by atoms with Gasteiger partial charge in [0.15, 0.2) is 0 Å². The van der Waals surface area contributed by atoms with Crippen LogP contribution >= 0.6 is 0 Å². The summed E-state index contributed by atoms with van der Waals surface area (Å²) in [5.74, 6) is 0. The van der Waals surface area contributed by atoms with E-state index in [-0.39, 0.29) is 30.9 Å². The number of hydrogen-bond acceptors (Lipinski definition) is 4. The molecular formula is C25H32F3NO3. The second-order valence-electron chi connectivity index (χ2n) is 8.41. The van der Waals surface area contributed by atoms with Gasteiger partial charge in [-0.1, -0.05) is 42.5 Å². The number of likely N-dealkylation sites (tertiary alicyclic amines) is 1. The molecule has 7 heteroatoms. The second kappa shape index (κ2) is 11.8. The lowest BCUT2D eigenvalue weighted by Crippen LogP contribution is -2.46. The van der Waals surface area contributed by atoms with E-state index < -0.39 is 11.7 Å². The van der Waals surface area contributed by atoms with Gasteiger partial charge in [0.2, 0.25) is 0 Å². The summed E-state index contributed by atoms with van der Waals surface area (Å²) in [5, 5.41) is 19.2. The summed E-state index contributed by atoms with van der Waals surface area (Å²) < 4.78 is 46.4. The molecule has 0 amide bonds. The predicted molar refractivity (Wildman–Crippen MR) is 118 cm³/mol. The number of hydrogen-bond donors (Lipinski definition) is 2. The number of nitrogens with zero attached hydrogens (tertiary/aromatic N) is 1. The van der Waals surface area contributed by atoms with Crippen LogP contribution in [-0.2, 0) is 17.5 Å². The number of aliphatic hydroxyl groups excluding tert-OH is 2. The SMILES string of the molecule is OCC1CC(O)CCN1CCCCCOCc1ccc(-c2ccccc2)c(C(F)(F)F)c1. The molecule has 2 unspecified atom stereocenters. The molecule has 176 valence electrons. The van der Waals surface area contributed by atoms with Gasteiger partial charge in [0.25, 0.3) is 0 Å². The molecule has 0 bridgehead atoms. The Balaban J connectivity index is 1.43. The van der Waals surface area contributed by atoms with Crippen molar-refractivity contribution in [3.63, 3.8) is 0 Å². The third-order valence-electron chi connectivity index (χ3n) is 6.00. The van der Waals surface area contributed by atoms with E-state index in [9.17, 15) is 23.4 Å². The first-order valence-corrected chi connectivity index (χ1v) is 11.2. The first-order valence-electron chi connectivity index (χ1n) is 11.2. The number of aliphatic hydroxyl groups is 2. The van der Waals surface area contributed by atoms with E-state index in [1.54, 1.807) is 36.4 Å². The highest BCUT2D eigenvalue weighted by Crippen LogP contribution is 2.37. The van der Waals surface area contributed by atoms with Gasteiger partial charge in [-0.25, -0.2) is 0 Å². The Bertz CT molecular complexity index is 829. The van der Waals surface area contributed by atoms with Crippen LogP contribution in [0.2, 0.25) is 0 Å². The molecule has 3 rings (SSSR count). The molecule has 1 fully saturated rings. The number of rotatable bonds is 10. The van der Waals surface area contributed by atoms with E-state index in [1.165, 1.54) is 12.1 Å². The van der Waals surface area contributed by atoms with Gasteiger partial charge >= 0.3 is 6.18 Å². The Kier molecular flexibility index (Phi) is 9.11. The summed E-state index contributed by atoms with van der Waals surface area (Å²) in [6.07, 6.45) is -0.674. The monoisotopic (exact) mass is 451 g/mol. The smallest absolute Gasteiger partial charge is 0.395 e. The van der Waals surface area contributed by atoms with Crippen molar-refractivity contribution in [2.45, 2.75) is 57.0 Å². The quantitative estimate of drug-likeness (QED) is 0.506. The van der Waals surface area contributed by atoms with Crippen molar-refractivity contribution < 1.29 is 28.1 Å². The van der Waals surface area contributed by atoms with Crippen molar-refractivity contribution in [3.8, 4) is 11.1 Å². The van der Waals surface area contributed by atoms with E-state index in [1.807, 2.05) is 0 Å². The number of unbranched alkanes of at least 4 members (excludes halogenated alkanes) is 2. The van der Waals surface area contributed by atoms with E-state index in [4.69, 9.17) is 4.74 Å². The number of halogens is 3. The van der Waals surface area contributed by atoms with Gasteiger partial charge in [0.05, 0.1) is 24.9 Å². The molecule has 0 saturated carbocycles. The minimum atomic E-state index is -4.43. The van der Waals surface area contributed by atoms with Crippen molar-refractivity contribution in [1.82, 2.24) is 4.90 Å². The van der Waals surface area contributed by atoms with Crippen LogP contribution in [0.3, 0.4) is 0 Å². The summed E-state index contributed by atoms with van der Waals surface area (Å²) in [7, 11) is 0. The maximum Gasteiger partial charge on any atom is 0.417 e. The number of ether oxygens (including phenoxy) is 1. The average Bonchev–Trinajstić information content (AvgIpc) is 2.79. The third kappa shape index (κ3) is 7.04.